The first-order valence-electron chi connectivity index (χ1n) is 10.5. The van der Waals surface area contributed by atoms with Gasteiger partial charge in [-0.1, -0.05) is 61.2 Å². The number of benzene rings is 3. The summed E-state index contributed by atoms with van der Waals surface area (Å²) in [6, 6.07) is 21.2. The van der Waals surface area contributed by atoms with Gasteiger partial charge in [-0.2, -0.15) is 0 Å². The number of carbonyl (C=O) groups excluding carboxylic acids is 2. The van der Waals surface area contributed by atoms with Crippen LogP contribution in [0.1, 0.15) is 34.8 Å². The fourth-order valence-electron chi connectivity index (χ4n) is 3.42. The van der Waals surface area contributed by atoms with E-state index in [0.29, 0.717) is 22.7 Å². The van der Waals surface area contributed by atoms with E-state index in [1.54, 1.807) is 29.2 Å². The molecule has 32 heavy (non-hydrogen) atoms. The summed E-state index contributed by atoms with van der Waals surface area (Å²) in [6.45, 7) is 2.86. The molecule has 0 bridgehead atoms. The highest BCUT2D eigenvalue weighted by Gasteiger charge is 2.30. The van der Waals surface area contributed by atoms with Crippen molar-refractivity contribution in [1.29, 1.82) is 0 Å². The molecule has 4 rings (SSSR count). The number of hydrogen-bond donors (Lipinski definition) is 1. The summed E-state index contributed by atoms with van der Waals surface area (Å²) in [7, 11) is 0. The van der Waals surface area contributed by atoms with Crippen molar-refractivity contribution in [2.45, 2.75) is 24.8 Å². The first kappa shape index (κ1) is 21.8. The molecule has 0 aromatic heterocycles. The molecule has 4 nitrogen and oxygen atoms in total. The second kappa shape index (κ2) is 9.83. The highest BCUT2D eigenvalue weighted by Crippen LogP contribution is 2.43. The van der Waals surface area contributed by atoms with Gasteiger partial charge in [0.25, 0.3) is 11.8 Å². The van der Waals surface area contributed by atoms with E-state index in [9.17, 15) is 14.0 Å². The van der Waals surface area contributed by atoms with Crippen LogP contribution in [0.4, 0.5) is 10.1 Å². The molecule has 0 radical (unpaired) electrons. The van der Waals surface area contributed by atoms with Crippen molar-refractivity contribution in [3.8, 4) is 0 Å². The van der Waals surface area contributed by atoms with Crippen molar-refractivity contribution in [2.75, 3.05) is 11.4 Å². The number of thioether (sulfide) groups is 1. The third kappa shape index (κ3) is 4.92. The Kier molecular flexibility index (Phi) is 6.71. The summed E-state index contributed by atoms with van der Waals surface area (Å²) in [4.78, 5) is 29.1. The molecule has 0 fully saturated rings. The second-order valence-corrected chi connectivity index (χ2v) is 8.56. The van der Waals surface area contributed by atoms with Gasteiger partial charge in [0.1, 0.15) is 5.82 Å². The van der Waals surface area contributed by atoms with Crippen LogP contribution in [0.25, 0.3) is 6.08 Å². The van der Waals surface area contributed by atoms with Crippen molar-refractivity contribution in [1.82, 2.24) is 5.32 Å². The van der Waals surface area contributed by atoms with Crippen LogP contribution in [0.15, 0.2) is 82.6 Å². The quantitative estimate of drug-likeness (QED) is 0.498. The molecule has 0 saturated carbocycles. The Hall–Kier alpha value is -3.38. The molecule has 1 aliphatic rings. The SMILES string of the molecule is CCCNC(=O)c1ccc2c(c1)N(Cc1ccc(F)cc1)C(=O)C(=Cc1ccccc1)S2. The fourth-order valence-corrected chi connectivity index (χ4v) is 4.46. The van der Waals surface area contributed by atoms with Crippen molar-refractivity contribution >= 4 is 35.3 Å². The highest BCUT2D eigenvalue weighted by atomic mass is 32.2. The first-order valence-corrected chi connectivity index (χ1v) is 11.3. The van der Waals surface area contributed by atoms with Gasteiger partial charge in [0.05, 0.1) is 17.1 Å². The highest BCUT2D eigenvalue weighted by molar-refractivity contribution is 8.04. The van der Waals surface area contributed by atoms with Crippen LogP contribution >= 0.6 is 11.8 Å². The number of fused-ring (bicyclic) bond motifs is 1. The van der Waals surface area contributed by atoms with E-state index >= 15 is 0 Å². The van der Waals surface area contributed by atoms with E-state index in [1.165, 1.54) is 23.9 Å². The summed E-state index contributed by atoms with van der Waals surface area (Å²) in [5, 5.41) is 2.88. The molecule has 1 N–H and O–H groups in total. The van der Waals surface area contributed by atoms with Crippen molar-refractivity contribution in [3.63, 3.8) is 0 Å². The number of anilines is 1. The van der Waals surface area contributed by atoms with Gasteiger partial charge >= 0.3 is 0 Å². The van der Waals surface area contributed by atoms with Gasteiger partial charge in [0.15, 0.2) is 0 Å². The molecule has 1 aliphatic heterocycles. The van der Waals surface area contributed by atoms with Crippen molar-refractivity contribution in [2.24, 2.45) is 0 Å². The van der Waals surface area contributed by atoms with Gasteiger partial charge in [-0.15, -0.1) is 0 Å². The maximum Gasteiger partial charge on any atom is 0.265 e. The maximum absolute atomic E-state index is 13.5. The van der Waals surface area contributed by atoms with E-state index in [-0.39, 0.29) is 24.2 Å². The van der Waals surface area contributed by atoms with Crippen LogP contribution in [0.3, 0.4) is 0 Å². The molecule has 0 saturated heterocycles. The zero-order valence-electron chi connectivity index (χ0n) is 17.7. The zero-order valence-corrected chi connectivity index (χ0v) is 18.5. The number of rotatable bonds is 6. The Morgan fingerprint density at radius 3 is 2.53 bits per heavy atom. The maximum atomic E-state index is 13.5. The molecule has 3 aromatic rings. The Balaban J connectivity index is 1.73. The molecular formula is C26H23FN2O2S. The van der Waals surface area contributed by atoms with Gasteiger partial charge in [0, 0.05) is 17.0 Å². The number of nitrogens with zero attached hydrogens (tertiary/aromatic N) is 1. The second-order valence-electron chi connectivity index (χ2n) is 7.48. The van der Waals surface area contributed by atoms with Gasteiger partial charge in [-0.05, 0) is 54.0 Å². The van der Waals surface area contributed by atoms with Crippen LogP contribution in [-0.4, -0.2) is 18.4 Å². The van der Waals surface area contributed by atoms with Crippen molar-refractivity contribution in [3.05, 3.63) is 100 Å². The standard InChI is InChI=1S/C26H23FN2O2S/c1-2-14-28-25(30)20-10-13-23-22(16-20)29(17-19-8-11-21(27)12-9-19)26(31)24(32-23)15-18-6-4-3-5-7-18/h3-13,15-16H,2,14,17H2,1H3,(H,28,30). The normalized spacial score (nSPS) is 14.4. The van der Waals surface area contributed by atoms with E-state index in [4.69, 9.17) is 0 Å². The Morgan fingerprint density at radius 1 is 1.06 bits per heavy atom. The van der Waals surface area contributed by atoms with Gasteiger partial charge < -0.3 is 10.2 Å². The molecular weight excluding hydrogens is 423 g/mol. The predicted octanol–water partition coefficient (Wildman–Crippen LogP) is 5.65. The minimum atomic E-state index is -0.325. The molecule has 0 unspecified atom stereocenters. The van der Waals surface area contributed by atoms with E-state index in [0.717, 1.165) is 22.4 Å². The number of hydrogen-bond acceptors (Lipinski definition) is 3. The number of halogens is 1. The minimum absolute atomic E-state index is 0.151. The van der Waals surface area contributed by atoms with Crippen LogP contribution in [0, 0.1) is 5.82 Å². The third-order valence-electron chi connectivity index (χ3n) is 5.07. The summed E-state index contributed by atoms with van der Waals surface area (Å²) < 4.78 is 13.4. The monoisotopic (exact) mass is 446 g/mol. The Morgan fingerprint density at radius 2 is 1.81 bits per heavy atom. The topological polar surface area (TPSA) is 49.4 Å². The van der Waals surface area contributed by atoms with Gasteiger partial charge in [-0.3, -0.25) is 9.59 Å². The molecule has 162 valence electrons. The van der Waals surface area contributed by atoms with Crippen LogP contribution in [0.5, 0.6) is 0 Å². The summed E-state index contributed by atoms with van der Waals surface area (Å²) in [5.74, 6) is -0.643. The van der Waals surface area contributed by atoms with E-state index < -0.39 is 0 Å². The van der Waals surface area contributed by atoms with Crippen LogP contribution in [0.2, 0.25) is 0 Å². The predicted molar refractivity (Wildman–Crippen MR) is 127 cm³/mol. The van der Waals surface area contributed by atoms with E-state index in [2.05, 4.69) is 5.32 Å². The fraction of sp³-hybridized carbons (Fsp3) is 0.154. The molecule has 6 heteroatoms. The molecule has 0 aliphatic carbocycles. The molecule has 1 heterocycles. The first-order chi connectivity index (χ1) is 15.5. The largest absolute Gasteiger partial charge is 0.352 e. The Labute approximate surface area is 191 Å². The minimum Gasteiger partial charge on any atom is -0.352 e. The molecule has 0 spiro atoms. The molecule has 0 atom stereocenters. The Bertz CT molecular complexity index is 1160. The number of carbonyl (C=O) groups is 2. The average Bonchev–Trinajstić information content (AvgIpc) is 2.82. The molecule has 3 aromatic carbocycles. The smallest absolute Gasteiger partial charge is 0.265 e. The summed E-state index contributed by atoms with van der Waals surface area (Å²) in [6.07, 6.45) is 2.71. The molecule has 2 amide bonds. The van der Waals surface area contributed by atoms with Gasteiger partial charge in [0.2, 0.25) is 0 Å². The number of nitrogens with one attached hydrogen (secondary N) is 1. The lowest BCUT2D eigenvalue weighted by molar-refractivity contribution is -0.114. The lowest BCUT2D eigenvalue weighted by atomic mass is 10.1. The lowest BCUT2D eigenvalue weighted by Gasteiger charge is -2.31. The average molecular weight is 447 g/mol. The van der Waals surface area contributed by atoms with Crippen LogP contribution in [-0.2, 0) is 11.3 Å². The lowest BCUT2D eigenvalue weighted by Crippen LogP contribution is -2.34. The zero-order chi connectivity index (χ0) is 22.5. The van der Waals surface area contributed by atoms with Crippen molar-refractivity contribution < 1.29 is 14.0 Å². The van der Waals surface area contributed by atoms with Crippen LogP contribution < -0.4 is 10.2 Å². The van der Waals surface area contributed by atoms with E-state index in [1.807, 2.05) is 49.4 Å². The number of amides is 2. The third-order valence-corrected chi connectivity index (χ3v) is 6.15. The summed E-state index contributed by atoms with van der Waals surface area (Å²) in [5.41, 5.74) is 2.92. The summed E-state index contributed by atoms with van der Waals surface area (Å²) >= 11 is 1.39. The van der Waals surface area contributed by atoms with Gasteiger partial charge in [-0.25, -0.2) is 4.39 Å².